The van der Waals surface area contributed by atoms with Crippen LogP contribution in [0, 0.1) is 5.82 Å². The summed E-state index contributed by atoms with van der Waals surface area (Å²) in [6, 6.07) is 4.54. The van der Waals surface area contributed by atoms with Crippen molar-refractivity contribution in [1.29, 1.82) is 0 Å². The third kappa shape index (κ3) is 1.98. The van der Waals surface area contributed by atoms with Gasteiger partial charge in [-0.3, -0.25) is 0 Å². The highest BCUT2D eigenvalue weighted by Crippen LogP contribution is 2.20. The fraction of sp³-hybridized carbons (Fsp3) is 0.250. The quantitative estimate of drug-likeness (QED) is 0.731. The van der Waals surface area contributed by atoms with Crippen LogP contribution in [0.4, 0.5) is 13.2 Å². The molecule has 0 aliphatic rings. The molecule has 1 nitrogen and oxygen atoms in total. The highest BCUT2D eigenvalue weighted by atomic mass is 19.3. The number of alkyl halides is 2. The lowest BCUT2D eigenvalue weighted by atomic mass is 10.1. The van der Waals surface area contributed by atoms with Crippen molar-refractivity contribution < 1.29 is 18.3 Å². The maximum absolute atomic E-state index is 12.4. The zero-order chi connectivity index (χ0) is 9.14. The van der Waals surface area contributed by atoms with Crippen LogP contribution in [-0.2, 0) is 0 Å². The van der Waals surface area contributed by atoms with Crippen LogP contribution in [0.1, 0.15) is 11.7 Å². The Kier molecular flexibility index (Phi) is 2.70. The summed E-state index contributed by atoms with van der Waals surface area (Å²) in [5, 5.41) is 8.81. The lowest BCUT2D eigenvalue weighted by molar-refractivity contribution is -0.00591. The van der Waals surface area contributed by atoms with Crippen molar-refractivity contribution in [2.24, 2.45) is 0 Å². The van der Waals surface area contributed by atoms with Crippen molar-refractivity contribution in [2.45, 2.75) is 12.5 Å². The van der Waals surface area contributed by atoms with Crippen molar-refractivity contribution in [3.8, 4) is 0 Å². The third-order valence-corrected chi connectivity index (χ3v) is 1.43. The summed E-state index contributed by atoms with van der Waals surface area (Å²) in [6.45, 7) is 0. The largest absolute Gasteiger partial charge is 0.382 e. The minimum absolute atomic E-state index is 0.106. The van der Waals surface area contributed by atoms with Gasteiger partial charge in [0.1, 0.15) is 11.9 Å². The SMILES string of the molecule is O[C@@H](c1cccc(F)c1)C(F)F. The molecule has 0 aliphatic carbocycles. The molecule has 0 heterocycles. The third-order valence-electron chi connectivity index (χ3n) is 1.43. The molecule has 1 aromatic carbocycles. The van der Waals surface area contributed by atoms with Crippen molar-refractivity contribution in [1.82, 2.24) is 0 Å². The van der Waals surface area contributed by atoms with Crippen LogP contribution < -0.4 is 0 Å². The minimum atomic E-state index is -2.88. The topological polar surface area (TPSA) is 20.2 Å². The number of halogens is 3. The molecule has 0 fully saturated rings. The van der Waals surface area contributed by atoms with E-state index >= 15 is 0 Å². The standard InChI is InChI=1S/C8H7F3O/c9-6-3-1-2-5(4-6)7(12)8(10)11/h1-4,7-8,12H/t7-/m0/s1. The van der Waals surface area contributed by atoms with Gasteiger partial charge in [-0.05, 0) is 17.7 Å². The lowest BCUT2D eigenvalue weighted by Crippen LogP contribution is -2.07. The van der Waals surface area contributed by atoms with Crippen molar-refractivity contribution in [3.63, 3.8) is 0 Å². The molecule has 0 amide bonds. The maximum Gasteiger partial charge on any atom is 0.268 e. The van der Waals surface area contributed by atoms with Gasteiger partial charge in [0.25, 0.3) is 6.43 Å². The van der Waals surface area contributed by atoms with E-state index in [1.165, 1.54) is 12.1 Å². The van der Waals surface area contributed by atoms with Crippen molar-refractivity contribution in [3.05, 3.63) is 35.6 Å². The van der Waals surface area contributed by atoms with Gasteiger partial charge >= 0.3 is 0 Å². The van der Waals surface area contributed by atoms with Crippen LogP contribution in [-0.4, -0.2) is 11.5 Å². The highest BCUT2D eigenvalue weighted by molar-refractivity contribution is 5.19. The molecule has 0 spiro atoms. The Hall–Kier alpha value is -1.03. The van der Waals surface area contributed by atoms with Crippen LogP contribution in [0.15, 0.2) is 24.3 Å². The number of aliphatic hydroxyl groups excluding tert-OH is 1. The summed E-state index contributed by atoms with van der Waals surface area (Å²) in [6.07, 6.45) is -4.78. The Morgan fingerprint density at radius 3 is 2.42 bits per heavy atom. The Morgan fingerprint density at radius 1 is 1.25 bits per heavy atom. The van der Waals surface area contributed by atoms with Gasteiger partial charge in [0.05, 0.1) is 0 Å². The normalized spacial score (nSPS) is 13.4. The summed E-state index contributed by atoms with van der Waals surface area (Å²) in [4.78, 5) is 0. The molecule has 1 rings (SSSR count). The van der Waals surface area contributed by atoms with E-state index in [9.17, 15) is 13.2 Å². The average molecular weight is 176 g/mol. The number of benzene rings is 1. The van der Waals surface area contributed by atoms with Gasteiger partial charge in [0, 0.05) is 0 Å². The molecule has 1 N–H and O–H groups in total. The minimum Gasteiger partial charge on any atom is -0.382 e. The Labute approximate surface area is 67.5 Å². The van der Waals surface area contributed by atoms with E-state index in [4.69, 9.17) is 5.11 Å². The van der Waals surface area contributed by atoms with Crippen molar-refractivity contribution >= 4 is 0 Å². The first kappa shape index (κ1) is 9.06. The molecule has 12 heavy (non-hydrogen) atoms. The molecular weight excluding hydrogens is 169 g/mol. The summed E-state index contributed by atoms with van der Waals surface area (Å²) in [7, 11) is 0. The van der Waals surface area contributed by atoms with Gasteiger partial charge in [-0.25, -0.2) is 13.2 Å². The van der Waals surface area contributed by atoms with E-state index in [2.05, 4.69) is 0 Å². The average Bonchev–Trinajstić information content (AvgIpc) is 2.03. The zero-order valence-electron chi connectivity index (χ0n) is 6.05. The second-order valence-electron chi connectivity index (χ2n) is 2.33. The van der Waals surface area contributed by atoms with Gasteiger partial charge in [0.2, 0.25) is 0 Å². The van der Waals surface area contributed by atoms with Gasteiger partial charge in [-0.2, -0.15) is 0 Å². The molecule has 0 aromatic heterocycles. The molecule has 0 saturated carbocycles. The van der Waals surface area contributed by atoms with Crippen LogP contribution in [0.5, 0.6) is 0 Å². The first-order chi connectivity index (χ1) is 5.61. The Morgan fingerprint density at radius 2 is 1.92 bits per heavy atom. The van der Waals surface area contributed by atoms with Gasteiger partial charge < -0.3 is 5.11 Å². The molecule has 66 valence electrons. The second kappa shape index (κ2) is 3.58. The molecule has 0 saturated heterocycles. The first-order valence-corrected chi connectivity index (χ1v) is 3.33. The summed E-state index contributed by atoms with van der Waals surface area (Å²) >= 11 is 0. The molecular formula is C8H7F3O. The monoisotopic (exact) mass is 176 g/mol. The van der Waals surface area contributed by atoms with Crippen molar-refractivity contribution in [2.75, 3.05) is 0 Å². The van der Waals surface area contributed by atoms with Gasteiger partial charge in [0.15, 0.2) is 0 Å². The van der Waals surface area contributed by atoms with Crippen LogP contribution in [0.2, 0.25) is 0 Å². The smallest absolute Gasteiger partial charge is 0.268 e. The maximum atomic E-state index is 12.4. The number of hydrogen-bond donors (Lipinski definition) is 1. The van der Waals surface area contributed by atoms with Gasteiger partial charge in [-0.1, -0.05) is 12.1 Å². The van der Waals surface area contributed by atoms with E-state index < -0.39 is 18.3 Å². The van der Waals surface area contributed by atoms with Crippen LogP contribution in [0.25, 0.3) is 0 Å². The van der Waals surface area contributed by atoms with Gasteiger partial charge in [-0.15, -0.1) is 0 Å². The zero-order valence-corrected chi connectivity index (χ0v) is 6.05. The van der Waals surface area contributed by atoms with E-state index in [0.717, 1.165) is 12.1 Å². The molecule has 0 aliphatic heterocycles. The van der Waals surface area contributed by atoms with E-state index in [1.807, 2.05) is 0 Å². The molecule has 0 bridgehead atoms. The summed E-state index contributed by atoms with van der Waals surface area (Å²) in [5.41, 5.74) is -0.106. The second-order valence-corrected chi connectivity index (χ2v) is 2.33. The van der Waals surface area contributed by atoms with E-state index in [0.29, 0.717) is 0 Å². The first-order valence-electron chi connectivity index (χ1n) is 3.33. The fourth-order valence-electron chi connectivity index (χ4n) is 0.836. The van der Waals surface area contributed by atoms with Crippen LogP contribution in [0.3, 0.4) is 0 Å². The predicted octanol–water partition coefficient (Wildman–Crippen LogP) is 2.12. The number of aliphatic hydroxyl groups is 1. The lowest BCUT2D eigenvalue weighted by Gasteiger charge is -2.08. The summed E-state index contributed by atoms with van der Waals surface area (Å²) in [5.74, 6) is -0.632. The molecule has 1 aromatic rings. The van der Waals surface area contributed by atoms with E-state index in [-0.39, 0.29) is 5.56 Å². The molecule has 0 radical (unpaired) electrons. The Bertz CT molecular complexity index is 262. The Balaban J connectivity index is 2.88. The predicted molar refractivity (Wildman–Crippen MR) is 37.4 cm³/mol. The summed E-state index contributed by atoms with van der Waals surface area (Å²) < 4.78 is 36.2. The molecule has 0 unspecified atom stereocenters. The fourth-order valence-corrected chi connectivity index (χ4v) is 0.836. The van der Waals surface area contributed by atoms with E-state index in [1.54, 1.807) is 0 Å². The number of hydrogen-bond acceptors (Lipinski definition) is 1. The van der Waals surface area contributed by atoms with Crippen LogP contribution >= 0.6 is 0 Å². The highest BCUT2D eigenvalue weighted by Gasteiger charge is 2.18. The molecule has 4 heteroatoms. The molecule has 1 atom stereocenters. The number of rotatable bonds is 2.